The Morgan fingerprint density at radius 2 is 1.70 bits per heavy atom. The van der Waals surface area contributed by atoms with E-state index in [1.54, 1.807) is 18.2 Å². The zero-order chi connectivity index (χ0) is 14.9. The van der Waals surface area contributed by atoms with Gasteiger partial charge in [0.1, 0.15) is 5.82 Å². The summed E-state index contributed by atoms with van der Waals surface area (Å²) in [5.74, 6) is -0.780. The van der Waals surface area contributed by atoms with Crippen molar-refractivity contribution in [3.63, 3.8) is 0 Å². The Bertz CT molecular complexity index is 636. The number of hydrogen-bond donors (Lipinski definition) is 2. The average molecular weight is 284 g/mol. The molecule has 0 heterocycles. The van der Waals surface area contributed by atoms with Crippen LogP contribution in [0.2, 0.25) is 0 Å². The quantitative estimate of drug-likeness (QED) is 0.630. The van der Waals surface area contributed by atoms with E-state index < -0.39 is 17.6 Å². The fourth-order valence-electron chi connectivity index (χ4n) is 1.74. The molecule has 0 saturated carbocycles. The summed E-state index contributed by atoms with van der Waals surface area (Å²) >= 11 is 0. The molecule has 0 radical (unpaired) electrons. The first-order valence-electron chi connectivity index (χ1n) is 5.77. The van der Waals surface area contributed by atoms with Crippen LogP contribution in [-0.2, 0) is 6.18 Å². The highest BCUT2D eigenvalue weighted by atomic mass is 19.4. The lowest BCUT2D eigenvalue weighted by molar-refractivity contribution is -0.137. The summed E-state index contributed by atoms with van der Waals surface area (Å²) < 4.78 is 51.4. The molecule has 0 spiro atoms. The van der Waals surface area contributed by atoms with Gasteiger partial charge in [-0.1, -0.05) is 6.07 Å². The van der Waals surface area contributed by atoms with Gasteiger partial charge in [0, 0.05) is 0 Å². The maximum Gasteiger partial charge on any atom is 0.416 e. The first-order valence-corrected chi connectivity index (χ1v) is 5.77. The van der Waals surface area contributed by atoms with E-state index in [4.69, 9.17) is 5.73 Å². The Labute approximate surface area is 113 Å². The second-order valence-corrected chi connectivity index (χ2v) is 4.41. The Balaban J connectivity index is 2.38. The molecule has 0 aliphatic rings. The Morgan fingerprint density at radius 3 is 2.30 bits per heavy atom. The molecule has 0 saturated heterocycles. The van der Waals surface area contributed by atoms with E-state index in [2.05, 4.69) is 5.32 Å². The number of hydrogen-bond acceptors (Lipinski definition) is 2. The van der Waals surface area contributed by atoms with E-state index in [0.29, 0.717) is 23.5 Å². The third-order valence-corrected chi connectivity index (χ3v) is 2.77. The summed E-state index contributed by atoms with van der Waals surface area (Å²) in [7, 11) is 0. The fraction of sp³-hybridized carbons (Fsp3) is 0.143. The molecule has 0 aromatic heterocycles. The number of alkyl halides is 3. The number of aryl methyl sites for hydroxylation is 1. The van der Waals surface area contributed by atoms with Crippen LogP contribution in [0, 0.1) is 12.7 Å². The van der Waals surface area contributed by atoms with Crippen LogP contribution in [0.4, 0.5) is 34.6 Å². The lowest BCUT2D eigenvalue weighted by Gasteiger charge is -2.13. The van der Waals surface area contributed by atoms with Crippen molar-refractivity contribution in [3.8, 4) is 0 Å². The molecule has 3 N–H and O–H groups in total. The van der Waals surface area contributed by atoms with Crippen molar-refractivity contribution >= 4 is 17.1 Å². The van der Waals surface area contributed by atoms with Gasteiger partial charge in [0.05, 0.1) is 22.6 Å². The second-order valence-electron chi connectivity index (χ2n) is 4.41. The maximum absolute atomic E-state index is 13.6. The summed E-state index contributed by atoms with van der Waals surface area (Å²) in [6.45, 7) is 1.82. The van der Waals surface area contributed by atoms with Crippen molar-refractivity contribution in [3.05, 3.63) is 53.3 Å². The van der Waals surface area contributed by atoms with Gasteiger partial charge in [-0.2, -0.15) is 13.2 Å². The summed E-state index contributed by atoms with van der Waals surface area (Å²) in [6, 6.07) is 7.14. The molecule has 2 aromatic rings. The van der Waals surface area contributed by atoms with Crippen LogP contribution in [-0.4, -0.2) is 0 Å². The number of halogens is 4. The van der Waals surface area contributed by atoms with E-state index in [-0.39, 0.29) is 5.69 Å². The van der Waals surface area contributed by atoms with E-state index >= 15 is 0 Å². The number of nitrogens with one attached hydrogen (secondary N) is 1. The minimum Gasteiger partial charge on any atom is -0.397 e. The fourth-order valence-corrected chi connectivity index (χ4v) is 1.74. The van der Waals surface area contributed by atoms with Crippen molar-refractivity contribution < 1.29 is 17.6 Å². The molecule has 106 valence electrons. The van der Waals surface area contributed by atoms with Gasteiger partial charge in [-0.3, -0.25) is 0 Å². The molecule has 0 unspecified atom stereocenters. The Kier molecular flexibility index (Phi) is 3.57. The standard InChI is InChI=1S/C14H12F4N2/c1-8-2-5-12(11(19)6-8)20-13-7-9(14(16,17)18)3-4-10(13)15/h2-7,20H,19H2,1H3. The number of nitrogens with two attached hydrogens (primary N) is 1. The normalized spacial score (nSPS) is 11.4. The van der Waals surface area contributed by atoms with E-state index in [1.807, 2.05) is 6.92 Å². The van der Waals surface area contributed by atoms with Gasteiger partial charge in [0.25, 0.3) is 0 Å². The van der Waals surface area contributed by atoms with Gasteiger partial charge in [-0.15, -0.1) is 0 Å². The van der Waals surface area contributed by atoms with Crippen molar-refractivity contribution in [1.29, 1.82) is 0 Å². The van der Waals surface area contributed by atoms with Crippen LogP contribution in [0.25, 0.3) is 0 Å². The Hall–Kier alpha value is -2.24. The van der Waals surface area contributed by atoms with Gasteiger partial charge in [-0.25, -0.2) is 4.39 Å². The second kappa shape index (κ2) is 5.03. The smallest absolute Gasteiger partial charge is 0.397 e. The molecule has 2 nitrogen and oxygen atoms in total. The third-order valence-electron chi connectivity index (χ3n) is 2.77. The van der Waals surface area contributed by atoms with Crippen LogP contribution in [0.15, 0.2) is 36.4 Å². The molecule has 0 amide bonds. The summed E-state index contributed by atoms with van der Waals surface area (Å²) in [5.41, 5.74) is 6.13. The van der Waals surface area contributed by atoms with Crippen molar-refractivity contribution in [2.24, 2.45) is 0 Å². The first kappa shape index (κ1) is 14.2. The molecule has 2 aromatic carbocycles. The van der Waals surface area contributed by atoms with Gasteiger partial charge in [0.15, 0.2) is 0 Å². The predicted octanol–water partition coefficient (Wildman–Crippen LogP) is 4.48. The first-order chi connectivity index (χ1) is 9.27. The summed E-state index contributed by atoms with van der Waals surface area (Å²) in [4.78, 5) is 0. The van der Waals surface area contributed by atoms with E-state index in [0.717, 1.165) is 11.6 Å². The third kappa shape index (κ3) is 3.01. The lowest BCUT2D eigenvalue weighted by Crippen LogP contribution is -2.06. The highest BCUT2D eigenvalue weighted by Gasteiger charge is 2.31. The van der Waals surface area contributed by atoms with Crippen molar-refractivity contribution in [2.45, 2.75) is 13.1 Å². The lowest BCUT2D eigenvalue weighted by atomic mass is 10.1. The van der Waals surface area contributed by atoms with Crippen LogP contribution >= 0.6 is 0 Å². The van der Waals surface area contributed by atoms with Crippen molar-refractivity contribution in [2.75, 3.05) is 11.1 Å². The predicted molar refractivity (Wildman–Crippen MR) is 70.3 cm³/mol. The largest absolute Gasteiger partial charge is 0.416 e. The number of rotatable bonds is 2. The highest BCUT2D eigenvalue weighted by Crippen LogP contribution is 2.33. The summed E-state index contributed by atoms with van der Waals surface area (Å²) in [5, 5.41) is 2.58. The number of nitrogen functional groups attached to an aromatic ring is 1. The average Bonchev–Trinajstić information content (AvgIpc) is 2.33. The van der Waals surface area contributed by atoms with Gasteiger partial charge >= 0.3 is 6.18 Å². The van der Waals surface area contributed by atoms with Crippen LogP contribution in [0.3, 0.4) is 0 Å². The molecular weight excluding hydrogens is 272 g/mol. The molecule has 2 rings (SSSR count). The molecule has 6 heteroatoms. The number of benzene rings is 2. The topological polar surface area (TPSA) is 38.0 Å². The molecule has 0 atom stereocenters. The zero-order valence-corrected chi connectivity index (χ0v) is 10.6. The molecule has 0 bridgehead atoms. The van der Waals surface area contributed by atoms with E-state index in [1.165, 1.54) is 0 Å². The van der Waals surface area contributed by atoms with Crippen LogP contribution < -0.4 is 11.1 Å². The molecule has 0 aliphatic heterocycles. The SMILES string of the molecule is Cc1ccc(Nc2cc(C(F)(F)F)ccc2F)c(N)c1. The Morgan fingerprint density at radius 1 is 1.00 bits per heavy atom. The zero-order valence-electron chi connectivity index (χ0n) is 10.6. The maximum atomic E-state index is 13.6. The van der Waals surface area contributed by atoms with E-state index in [9.17, 15) is 17.6 Å². The van der Waals surface area contributed by atoms with Crippen LogP contribution in [0.5, 0.6) is 0 Å². The molecule has 0 aliphatic carbocycles. The van der Waals surface area contributed by atoms with Gasteiger partial charge in [0.2, 0.25) is 0 Å². The monoisotopic (exact) mass is 284 g/mol. The minimum atomic E-state index is -4.52. The van der Waals surface area contributed by atoms with Crippen molar-refractivity contribution in [1.82, 2.24) is 0 Å². The number of anilines is 3. The highest BCUT2D eigenvalue weighted by molar-refractivity contribution is 5.73. The van der Waals surface area contributed by atoms with Crippen LogP contribution in [0.1, 0.15) is 11.1 Å². The molecule has 20 heavy (non-hydrogen) atoms. The van der Waals surface area contributed by atoms with Gasteiger partial charge in [-0.05, 0) is 42.8 Å². The molecule has 0 fully saturated rings. The minimum absolute atomic E-state index is 0.268. The summed E-state index contributed by atoms with van der Waals surface area (Å²) in [6.07, 6.45) is -4.52. The molecular formula is C14H12F4N2. The van der Waals surface area contributed by atoms with Gasteiger partial charge < -0.3 is 11.1 Å².